The van der Waals surface area contributed by atoms with Crippen LogP contribution in [0.3, 0.4) is 0 Å². The molecule has 51 heavy (non-hydrogen) atoms. The van der Waals surface area contributed by atoms with Gasteiger partial charge in [-0.2, -0.15) is 0 Å². The van der Waals surface area contributed by atoms with Gasteiger partial charge in [-0.3, -0.25) is 0 Å². The zero-order valence-electron chi connectivity index (χ0n) is 27.0. The number of fused-ring (bicyclic) bond motifs is 9. The monoisotopic (exact) mass is 655 g/mol. The van der Waals surface area contributed by atoms with Crippen LogP contribution in [0.2, 0.25) is 0 Å². The van der Waals surface area contributed by atoms with Crippen LogP contribution in [0.1, 0.15) is 0 Å². The summed E-state index contributed by atoms with van der Waals surface area (Å²) >= 11 is 0. The van der Waals surface area contributed by atoms with Crippen molar-refractivity contribution in [1.29, 1.82) is 0 Å². The van der Waals surface area contributed by atoms with Gasteiger partial charge in [-0.1, -0.05) is 109 Å². The van der Waals surface area contributed by atoms with Gasteiger partial charge in [-0.15, -0.1) is 0 Å². The van der Waals surface area contributed by atoms with E-state index in [1.807, 2.05) is 109 Å². The van der Waals surface area contributed by atoms with Crippen LogP contribution in [0.4, 0.5) is 0 Å². The van der Waals surface area contributed by atoms with Gasteiger partial charge < -0.3 is 13.3 Å². The summed E-state index contributed by atoms with van der Waals surface area (Å²) < 4.78 is 19.5. The van der Waals surface area contributed by atoms with Gasteiger partial charge in [0.25, 0.3) is 0 Å². The molecule has 0 saturated heterocycles. The molecule has 7 aromatic carbocycles. The Hall–Kier alpha value is -7.05. The summed E-state index contributed by atoms with van der Waals surface area (Å²) in [6.45, 7) is 0. The Kier molecular flexibility index (Phi) is 5.86. The van der Waals surface area contributed by atoms with E-state index in [1.165, 1.54) is 0 Å². The lowest BCUT2D eigenvalue weighted by atomic mass is 9.95. The standard InChI is InChI=1S/C45H25N3O3/c1-2-12-26(13-3-1)43-46-44(48-45(47-43)34-19-10-18-29-27-14-4-7-20-35(27)50-41(29)34)33-25-24-30(42-40(33)32-16-6-9-22-37(32)51-42)28-17-11-23-38-39(28)31-15-5-8-21-36(31)49-38/h1-25H. The maximum absolute atomic E-state index is 6.74. The highest BCUT2D eigenvalue weighted by molar-refractivity contribution is 6.20. The summed E-state index contributed by atoms with van der Waals surface area (Å²) in [6.07, 6.45) is 0. The van der Waals surface area contributed by atoms with E-state index < -0.39 is 0 Å². The van der Waals surface area contributed by atoms with Crippen LogP contribution in [-0.2, 0) is 0 Å². The van der Waals surface area contributed by atoms with E-state index in [0.717, 1.165) is 93.6 Å². The average molecular weight is 656 g/mol. The third-order valence-corrected chi connectivity index (χ3v) is 9.77. The van der Waals surface area contributed by atoms with Gasteiger partial charge in [-0.05, 0) is 48.0 Å². The Morgan fingerprint density at radius 2 is 0.824 bits per heavy atom. The van der Waals surface area contributed by atoms with Crippen molar-refractivity contribution < 1.29 is 13.3 Å². The molecule has 11 aromatic rings. The predicted octanol–water partition coefficient (Wildman–Crippen LogP) is 12.2. The Balaban J connectivity index is 1.21. The average Bonchev–Trinajstić information content (AvgIpc) is 3.89. The number of rotatable bonds is 4. The second-order valence-electron chi connectivity index (χ2n) is 12.7. The molecule has 0 radical (unpaired) electrons. The third-order valence-electron chi connectivity index (χ3n) is 9.77. The fraction of sp³-hybridized carbons (Fsp3) is 0. The summed E-state index contributed by atoms with van der Waals surface area (Å²) in [7, 11) is 0. The zero-order chi connectivity index (χ0) is 33.5. The van der Waals surface area contributed by atoms with E-state index in [1.54, 1.807) is 0 Å². The Morgan fingerprint density at radius 3 is 1.63 bits per heavy atom. The highest BCUT2D eigenvalue weighted by Gasteiger charge is 2.23. The molecule has 0 aliphatic carbocycles. The first kappa shape index (κ1) is 27.9. The summed E-state index contributed by atoms with van der Waals surface area (Å²) in [5, 5.41) is 6.10. The van der Waals surface area contributed by atoms with E-state index in [4.69, 9.17) is 28.2 Å². The Morgan fingerprint density at radius 1 is 0.294 bits per heavy atom. The summed E-state index contributed by atoms with van der Waals surface area (Å²) in [5.41, 5.74) is 9.32. The quantitative estimate of drug-likeness (QED) is 0.188. The third kappa shape index (κ3) is 4.20. The first-order valence-corrected chi connectivity index (χ1v) is 16.9. The highest BCUT2D eigenvalue weighted by Crippen LogP contribution is 2.45. The molecule has 0 fully saturated rings. The SMILES string of the molecule is c1ccc(-c2nc(-c3cccc4c3oc3ccccc34)nc(-c3ccc(-c4cccc5oc6ccccc6c45)c4oc5ccccc5c34)n2)cc1. The smallest absolute Gasteiger partial charge is 0.167 e. The number of aromatic nitrogens is 3. The summed E-state index contributed by atoms with van der Waals surface area (Å²) in [5.74, 6) is 1.65. The number of hydrogen-bond donors (Lipinski definition) is 0. The Labute approximate surface area is 290 Å². The van der Waals surface area contributed by atoms with E-state index >= 15 is 0 Å². The van der Waals surface area contributed by atoms with Gasteiger partial charge in [0.1, 0.15) is 33.5 Å². The van der Waals surface area contributed by atoms with Crippen LogP contribution in [-0.4, -0.2) is 15.0 Å². The molecule has 0 unspecified atom stereocenters. The predicted molar refractivity (Wildman–Crippen MR) is 203 cm³/mol. The number of nitrogens with zero attached hydrogens (tertiary/aromatic N) is 3. The summed E-state index contributed by atoms with van der Waals surface area (Å²) in [4.78, 5) is 15.4. The first-order valence-electron chi connectivity index (χ1n) is 16.9. The molecule has 0 spiro atoms. The fourth-order valence-corrected chi connectivity index (χ4v) is 7.48. The maximum Gasteiger partial charge on any atom is 0.167 e. The van der Waals surface area contributed by atoms with Crippen molar-refractivity contribution in [1.82, 2.24) is 15.0 Å². The minimum atomic E-state index is 0.531. The molecule has 0 N–H and O–H groups in total. The molecule has 6 nitrogen and oxygen atoms in total. The van der Waals surface area contributed by atoms with Crippen molar-refractivity contribution in [2.45, 2.75) is 0 Å². The lowest BCUT2D eigenvalue weighted by molar-refractivity contribution is 0.668. The maximum atomic E-state index is 6.74. The second-order valence-corrected chi connectivity index (χ2v) is 12.7. The van der Waals surface area contributed by atoms with Crippen molar-refractivity contribution >= 4 is 65.8 Å². The molecule has 4 aromatic heterocycles. The van der Waals surface area contributed by atoms with Crippen LogP contribution >= 0.6 is 0 Å². The van der Waals surface area contributed by atoms with Crippen LogP contribution in [0.25, 0.3) is 111 Å². The lowest BCUT2D eigenvalue weighted by Gasteiger charge is -2.11. The van der Waals surface area contributed by atoms with Gasteiger partial charge in [0.15, 0.2) is 17.5 Å². The number of para-hydroxylation sites is 4. The molecule has 0 aliphatic rings. The van der Waals surface area contributed by atoms with E-state index in [2.05, 4.69) is 42.5 Å². The second kappa shape index (κ2) is 10.7. The molecule has 4 heterocycles. The topological polar surface area (TPSA) is 78.1 Å². The minimum absolute atomic E-state index is 0.531. The zero-order valence-corrected chi connectivity index (χ0v) is 27.0. The molecule has 11 rings (SSSR count). The summed E-state index contributed by atoms with van der Waals surface area (Å²) in [6, 6.07) is 50.9. The van der Waals surface area contributed by atoms with Crippen LogP contribution in [0, 0.1) is 0 Å². The molecular formula is C45H25N3O3. The van der Waals surface area contributed by atoms with Crippen molar-refractivity contribution in [2.24, 2.45) is 0 Å². The van der Waals surface area contributed by atoms with Crippen molar-refractivity contribution in [3.8, 4) is 45.3 Å². The molecule has 0 saturated carbocycles. The highest BCUT2D eigenvalue weighted by atomic mass is 16.3. The molecule has 0 bridgehead atoms. The molecule has 238 valence electrons. The molecule has 0 atom stereocenters. The number of furan rings is 3. The van der Waals surface area contributed by atoms with Crippen LogP contribution < -0.4 is 0 Å². The van der Waals surface area contributed by atoms with Gasteiger partial charge in [0.2, 0.25) is 0 Å². The normalized spacial score (nSPS) is 11.9. The van der Waals surface area contributed by atoms with Crippen LogP contribution in [0.15, 0.2) is 165 Å². The molecule has 0 aliphatic heterocycles. The van der Waals surface area contributed by atoms with Gasteiger partial charge in [-0.25, -0.2) is 15.0 Å². The fourth-order valence-electron chi connectivity index (χ4n) is 7.48. The van der Waals surface area contributed by atoms with E-state index in [9.17, 15) is 0 Å². The number of benzene rings is 7. The lowest BCUT2D eigenvalue weighted by Crippen LogP contribution is -2.00. The van der Waals surface area contributed by atoms with Gasteiger partial charge in [0, 0.05) is 49.0 Å². The largest absolute Gasteiger partial charge is 0.456 e. The minimum Gasteiger partial charge on any atom is -0.456 e. The molecule has 6 heteroatoms. The molecular weight excluding hydrogens is 631 g/mol. The molecule has 0 amide bonds. The van der Waals surface area contributed by atoms with E-state index in [0.29, 0.717) is 17.5 Å². The van der Waals surface area contributed by atoms with Gasteiger partial charge >= 0.3 is 0 Å². The first-order chi connectivity index (χ1) is 25.3. The van der Waals surface area contributed by atoms with Crippen molar-refractivity contribution in [2.75, 3.05) is 0 Å². The van der Waals surface area contributed by atoms with E-state index in [-0.39, 0.29) is 0 Å². The number of hydrogen-bond acceptors (Lipinski definition) is 6. The van der Waals surface area contributed by atoms with Crippen LogP contribution in [0.5, 0.6) is 0 Å². The Bertz CT molecular complexity index is 3150. The van der Waals surface area contributed by atoms with Crippen molar-refractivity contribution in [3.05, 3.63) is 152 Å². The van der Waals surface area contributed by atoms with Crippen molar-refractivity contribution in [3.63, 3.8) is 0 Å². The van der Waals surface area contributed by atoms with Gasteiger partial charge in [0.05, 0.1) is 5.56 Å².